The van der Waals surface area contributed by atoms with Gasteiger partial charge in [-0.25, -0.2) is 0 Å². The molecule has 0 aliphatic heterocycles. The summed E-state index contributed by atoms with van der Waals surface area (Å²) in [5.41, 5.74) is 13.1. The van der Waals surface area contributed by atoms with Crippen LogP contribution in [0, 0.1) is 0 Å². The van der Waals surface area contributed by atoms with Crippen LogP contribution in [0.2, 0.25) is 0 Å². The molecule has 3 heteroatoms. The maximum absolute atomic E-state index is 6.45. The Morgan fingerprint density at radius 1 is 0.364 bits per heavy atom. The second-order valence-corrected chi connectivity index (χ2v) is 14.2. The van der Waals surface area contributed by atoms with Gasteiger partial charge in [0.25, 0.3) is 0 Å². The fourth-order valence-corrected chi connectivity index (χ4v) is 8.40. The third-order valence-corrected chi connectivity index (χ3v) is 10.9. The Morgan fingerprint density at radius 2 is 1.04 bits per heavy atom. The van der Waals surface area contributed by atoms with Crippen LogP contribution >= 0.6 is 0 Å². The summed E-state index contributed by atoms with van der Waals surface area (Å²) < 4.78 is 8.86. The van der Waals surface area contributed by atoms with E-state index in [4.69, 9.17) is 4.42 Å². The zero-order chi connectivity index (χ0) is 36.3. The largest absolute Gasteiger partial charge is 0.456 e. The number of hydrogen-bond donors (Lipinski definition) is 0. The quantitative estimate of drug-likeness (QED) is 0.172. The number of rotatable bonds is 6. The molecule has 0 fully saturated rings. The molecule has 11 aromatic rings. The van der Waals surface area contributed by atoms with Crippen LogP contribution in [-0.2, 0) is 0 Å². The minimum atomic E-state index is 0.863. The first-order chi connectivity index (χ1) is 27.3. The molecular formula is C52H34N2O. The highest BCUT2D eigenvalue weighted by Crippen LogP contribution is 2.44. The number of benzene rings is 9. The molecular weight excluding hydrogens is 669 g/mol. The molecule has 0 bridgehead atoms. The summed E-state index contributed by atoms with van der Waals surface area (Å²) in [4.78, 5) is 2.36. The smallest absolute Gasteiger partial charge is 0.137 e. The summed E-state index contributed by atoms with van der Waals surface area (Å²) in [5.74, 6) is 0. The van der Waals surface area contributed by atoms with E-state index in [1.807, 2.05) is 12.1 Å². The van der Waals surface area contributed by atoms with Gasteiger partial charge in [-0.3, -0.25) is 0 Å². The number of hydrogen-bond acceptors (Lipinski definition) is 2. The molecule has 0 spiro atoms. The van der Waals surface area contributed by atoms with Gasteiger partial charge in [0.05, 0.1) is 11.0 Å². The van der Waals surface area contributed by atoms with E-state index in [2.05, 4.69) is 204 Å². The fourth-order valence-electron chi connectivity index (χ4n) is 8.40. The van der Waals surface area contributed by atoms with Crippen molar-refractivity contribution in [2.45, 2.75) is 0 Å². The summed E-state index contributed by atoms with van der Waals surface area (Å²) in [7, 11) is 0. The highest BCUT2D eigenvalue weighted by Gasteiger charge is 2.21. The van der Waals surface area contributed by atoms with E-state index in [1.165, 1.54) is 43.8 Å². The Morgan fingerprint density at radius 3 is 1.91 bits per heavy atom. The zero-order valence-electron chi connectivity index (χ0n) is 29.9. The zero-order valence-corrected chi connectivity index (χ0v) is 29.9. The lowest BCUT2D eigenvalue weighted by molar-refractivity contribution is 0.669. The van der Waals surface area contributed by atoms with Crippen LogP contribution < -0.4 is 4.90 Å². The van der Waals surface area contributed by atoms with E-state index in [-0.39, 0.29) is 0 Å². The van der Waals surface area contributed by atoms with Crippen molar-refractivity contribution in [3.05, 3.63) is 206 Å². The molecule has 0 saturated carbocycles. The highest BCUT2D eigenvalue weighted by molar-refractivity contribution is 6.17. The monoisotopic (exact) mass is 702 g/mol. The number of fused-ring (bicyclic) bond motifs is 7. The van der Waals surface area contributed by atoms with E-state index < -0.39 is 0 Å². The molecule has 0 radical (unpaired) electrons. The molecule has 2 aromatic heterocycles. The number of nitrogens with zero attached hydrogens (tertiary/aromatic N) is 2. The predicted molar refractivity (Wildman–Crippen MR) is 231 cm³/mol. The van der Waals surface area contributed by atoms with Crippen LogP contribution in [0.5, 0.6) is 0 Å². The summed E-state index contributed by atoms with van der Waals surface area (Å²) in [6.45, 7) is 0. The van der Waals surface area contributed by atoms with E-state index in [1.54, 1.807) is 0 Å². The molecule has 3 nitrogen and oxygen atoms in total. The third kappa shape index (κ3) is 5.20. The molecule has 0 aliphatic rings. The van der Waals surface area contributed by atoms with Gasteiger partial charge in [0.2, 0.25) is 0 Å². The standard InChI is InChI=1S/C52H34N2O/c1-3-13-35(14-4-1)38-17-11-20-41(32-38)53(43-27-29-46-45-21-9-10-24-50(45)55-51(46)34-43)42-28-30-47-49(33-42)54(40-18-5-2-6-19-40)48-23-12-22-44(52(47)48)39-26-25-36-15-7-8-16-37(36)31-39/h1-34H. The van der Waals surface area contributed by atoms with Crippen molar-refractivity contribution in [1.82, 2.24) is 4.57 Å². The summed E-state index contributed by atoms with van der Waals surface area (Å²) in [6.07, 6.45) is 0. The molecule has 55 heavy (non-hydrogen) atoms. The fraction of sp³-hybridized carbons (Fsp3) is 0. The molecule has 0 unspecified atom stereocenters. The normalized spacial score (nSPS) is 11.6. The van der Waals surface area contributed by atoms with Gasteiger partial charge >= 0.3 is 0 Å². The third-order valence-electron chi connectivity index (χ3n) is 10.9. The van der Waals surface area contributed by atoms with E-state index in [9.17, 15) is 0 Å². The van der Waals surface area contributed by atoms with Crippen LogP contribution in [-0.4, -0.2) is 4.57 Å². The van der Waals surface area contributed by atoms with E-state index in [0.29, 0.717) is 0 Å². The maximum Gasteiger partial charge on any atom is 0.137 e. The first-order valence-electron chi connectivity index (χ1n) is 18.8. The second-order valence-electron chi connectivity index (χ2n) is 14.2. The van der Waals surface area contributed by atoms with Gasteiger partial charge in [-0.05, 0) is 99.8 Å². The molecule has 0 aliphatic carbocycles. The molecule has 2 heterocycles. The van der Waals surface area contributed by atoms with Crippen molar-refractivity contribution in [2.75, 3.05) is 4.90 Å². The maximum atomic E-state index is 6.45. The van der Waals surface area contributed by atoms with Crippen molar-refractivity contribution in [1.29, 1.82) is 0 Å². The molecule has 0 N–H and O–H groups in total. The van der Waals surface area contributed by atoms with Crippen LogP contribution in [0.25, 0.3) is 82.5 Å². The number of furan rings is 1. The van der Waals surface area contributed by atoms with Crippen molar-refractivity contribution in [3.8, 4) is 27.9 Å². The Kier molecular flexibility index (Phi) is 7.17. The second kappa shape index (κ2) is 12.6. The van der Waals surface area contributed by atoms with Crippen molar-refractivity contribution in [3.63, 3.8) is 0 Å². The molecule has 258 valence electrons. The first-order valence-corrected chi connectivity index (χ1v) is 18.8. The molecule has 0 saturated heterocycles. The van der Waals surface area contributed by atoms with Crippen LogP contribution in [0.3, 0.4) is 0 Å². The lowest BCUT2D eigenvalue weighted by atomic mass is 9.97. The molecule has 11 rings (SSSR count). The first kappa shape index (κ1) is 31.2. The van der Waals surface area contributed by atoms with Crippen molar-refractivity contribution >= 4 is 71.6 Å². The van der Waals surface area contributed by atoms with Gasteiger partial charge in [-0.1, -0.05) is 133 Å². The van der Waals surface area contributed by atoms with E-state index >= 15 is 0 Å². The van der Waals surface area contributed by atoms with Crippen molar-refractivity contribution < 1.29 is 4.42 Å². The predicted octanol–water partition coefficient (Wildman–Crippen LogP) is 14.6. The lowest BCUT2D eigenvalue weighted by Gasteiger charge is -2.26. The molecule has 9 aromatic carbocycles. The average molecular weight is 703 g/mol. The minimum absolute atomic E-state index is 0.863. The molecule has 0 atom stereocenters. The van der Waals surface area contributed by atoms with Gasteiger partial charge in [0.15, 0.2) is 0 Å². The number of anilines is 3. The van der Waals surface area contributed by atoms with Gasteiger partial charge in [0, 0.05) is 50.4 Å². The lowest BCUT2D eigenvalue weighted by Crippen LogP contribution is -2.10. The summed E-state index contributed by atoms with van der Waals surface area (Å²) in [5, 5.41) is 7.16. The van der Waals surface area contributed by atoms with Gasteiger partial charge < -0.3 is 13.9 Å². The van der Waals surface area contributed by atoms with Gasteiger partial charge in [0.1, 0.15) is 11.2 Å². The van der Waals surface area contributed by atoms with Crippen LogP contribution in [0.1, 0.15) is 0 Å². The molecule has 0 amide bonds. The Labute approximate surface area is 318 Å². The minimum Gasteiger partial charge on any atom is -0.456 e. The number of aromatic nitrogens is 1. The van der Waals surface area contributed by atoms with Gasteiger partial charge in [-0.2, -0.15) is 0 Å². The average Bonchev–Trinajstić information content (AvgIpc) is 3.79. The van der Waals surface area contributed by atoms with Crippen molar-refractivity contribution in [2.24, 2.45) is 0 Å². The van der Waals surface area contributed by atoms with Crippen LogP contribution in [0.4, 0.5) is 17.1 Å². The van der Waals surface area contributed by atoms with E-state index in [0.717, 1.165) is 55.8 Å². The van der Waals surface area contributed by atoms with Gasteiger partial charge in [-0.15, -0.1) is 0 Å². The van der Waals surface area contributed by atoms with Crippen LogP contribution in [0.15, 0.2) is 211 Å². The Hall–Kier alpha value is -7.36. The number of para-hydroxylation sites is 2. The topological polar surface area (TPSA) is 21.3 Å². The Bertz CT molecular complexity index is 3210. The summed E-state index contributed by atoms with van der Waals surface area (Å²) in [6, 6.07) is 74.0. The highest BCUT2D eigenvalue weighted by atomic mass is 16.3. The summed E-state index contributed by atoms with van der Waals surface area (Å²) >= 11 is 0. The SMILES string of the molecule is c1ccc(-c2cccc(N(c3ccc4c(c3)oc3ccccc34)c3ccc4c5c(-c6ccc7ccccc7c6)cccc5n(-c5ccccc5)c4c3)c2)cc1. The Balaban J connectivity index is 1.17.